The normalized spacial score (nSPS) is 29.5. The minimum Gasteiger partial charge on any atom is -0.341 e. The van der Waals surface area contributed by atoms with Crippen LogP contribution in [0.1, 0.15) is 32.1 Å². The van der Waals surface area contributed by atoms with Crippen molar-refractivity contribution in [1.82, 2.24) is 9.80 Å². The Morgan fingerprint density at radius 3 is 2.36 bits per heavy atom. The lowest BCUT2D eigenvalue weighted by molar-refractivity contribution is -0.136. The van der Waals surface area contributed by atoms with Gasteiger partial charge in [-0.1, -0.05) is 6.42 Å². The molecule has 1 amide bonds. The third kappa shape index (κ3) is 1.92. The highest BCUT2D eigenvalue weighted by atomic mass is 16.2. The number of amides is 1. The van der Waals surface area contributed by atoms with Gasteiger partial charge in [-0.15, -0.1) is 0 Å². The summed E-state index contributed by atoms with van der Waals surface area (Å²) in [6.45, 7) is 3.07. The summed E-state index contributed by atoms with van der Waals surface area (Å²) < 4.78 is 0. The van der Waals surface area contributed by atoms with Gasteiger partial charge in [0, 0.05) is 13.1 Å². The molecule has 3 nitrogen and oxygen atoms in total. The van der Waals surface area contributed by atoms with E-state index in [9.17, 15) is 4.79 Å². The van der Waals surface area contributed by atoms with Gasteiger partial charge in [0.05, 0.1) is 6.04 Å². The van der Waals surface area contributed by atoms with Crippen molar-refractivity contribution < 1.29 is 4.79 Å². The molecule has 0 aliphatic carbocycles. The fourth-order valence-electron chi connectivity index (χ4n) is 2.54. The van der Waals surface area contributed by atoms with Crippen molar-refractivity contribution in [2.75, 3.05) is 26.7 Å². The molecule has 1 atom stereocenters. The highest BCUT2D eigenvalue weighted by Gasteiger charge is 2.30. The number of carbonyl (C=O) groups excluding carboxylic acids is 1. The van der Waals surface area contributed by atoms with Crippen molar-refractivity contribution >= 4 is 5.91 Å². The Morgan fingerprint density at radius 1 is 1.07 bits per heavy atom. The fraction of sp³-hybridized carbons (Fsp3) is 0.909. The van der Waals surface area contributed by atoms with E-state index in [1.54, 1.807) is 0 Å². The Morgan fingerprint density at radius 2 is 1.71 bits per heavy atom. The summed E-state index contributed by atoms with van der Waals surface area (Å²) in [5, 5.41) is 0. The minimum absolute atomic E-state index is 0.182. The molecule has 1 unspecified atom stereocenters. The van der Waals surface area contributed by atoms with Crippen LogP contribution in [0.4, 0.5) is 0 Å². The first kappa shape index (κ1) is 9.97. The summed E-state index contributed by atoms with van der Waals surface area (Å²) in [5.41, 5.74) is 0. The number of likely N-dealkylation sites (N-methyl/N-ethyl adjacent to an activating group) is 1. The number of carbonyl (C=O) groups is 1. The molecule has 2 saturated heterocycles. The zero-order valence-corrected chi connectivity index (χ0v) is 9.04. The van der Waals surface area contributed by atoms with E-state index < -0.39 is 0 Å². The molecule has 0 spiro atoms. The number of hydrogen-bond acceptors (Lipinski definition) is 2. The van der Waals surface area contributed by atoms with Gasteiger partial charge in [0.2, 0.25) is 5.91 Å². The van der Waals surface area contributed by atoms with Gasteiger partial charge in [-0.2, -0.15) is 0 Å². The molecule has 0 bridgehead atoms. The Bertz CT molecular complexity index is 211. The monoisotopic (exact) mass is 196 g/mol. The minimum atomic E-state index is 0.182. The average Bonchev–Trinajstić information content (AvgIpc) is 2.70. The second-order valence-electron chi connectivity index (χ2n) is 4.52. The zero-order valence-electron chi connectivity index (χ0n) is 9.04. The van der Waals surface area contributed by atoms with Crippen LogP contribution >= 0.6 is 0 Å². The predicted molar refractivity (Wildman–Crippen MR) is 56.1 cm³/mol. The van der Waals surface area contributed by atoms with E-state index in [1.165, 1.54) is 25.7 Å². The lowest BCUT2D eigenvalue weighted by Crippen LogP contribution is -2.48. The molecule has 0 aromatic carbocycles. The molecular formula is C11H20N2O. The molecule has 14 heavy (non-hydrogen) atoms. The molecule has 2 rings (SSSR count). The standard InChI is InChI=1S/C11H20N2O/c1-12-7-3-2-6-10(12)11(14)13-8-4-5-9-13/h10H,2-9H2,1H3. The maximum atomic E-state index is 12.1. The van der Waals surface area contributed by atoms with E-state index in [0.29, 0.717) is 5.91 Å². The topological polar surface area (TPSA) is 23.6 Å². The van der Waals surface area contributed by atoms with E-state index in [4.69, 9.17) is 0 Å². The van der Waals surface area contributed by atoms with Crippen molar-refractivity contribution in [3.63, 3.8) is 0 Å². The van der Waals surface area contributed by atoms with Crippen LogP contribution in [0, 0.1) is 0 Å². The maximum Gasteiger partial charge on any atom is 0.239 e. The Kier molecular flexibility index (Phi) is 3.06. The Balaban J connectivity index is 1.94. The van der Waals surface area contributed by atoms with E-state index in [-0.39, 0.29) is 6.04 Å². The third-order valence-electron chi connectivity index (χ3n) is 3.47. The van der Waals surface area contributed by atoms with Crippen molar-refractivity contribution in [3.05, 3.63) is 0 Å². The summed E-state index contributed by atoms with van der Waals surface area (Å²) in [5.74, 6) is 0.379. The van der Waals surface area contributed by atoms with Crippen molar-refractivity contribution in [3.8, 4) is 0 Å². The van der Waals surface area contributed by atoms with Crippen LogP contribution in [0.5, 0.6) is 0 Å². The number of piperidine rings is 1. The molecule has 80 valence electrons. The summed E-state index contributed by atoms with van der Waals surface area (Å²) in [6.07, 6.45) is 5.92. The van der Waals surface area contributed by atoms with Crippen molar-refractivity contribution in [2.45, 2.75) is 38.1 Å². The van der Waals surface area contributed by atoms with Gasteiger partial charge in [-0.25, -0.2) is 0 Å². The van der Waals surface area contributed by atoms with Gasteiger partial charge in [0.15, 0.2) is 0 Å². The highest BCUT2D eigenvalue weighted by Crippen LogP contribution is 2.19. The van der Waals surface area contributed by atoms with E-state index in [2.05, 4.69) is 11.9 Å². The fourth-order valence-corrected chi connectivity index (χ4v) is 2.54. The van der Waals surface area contributed by atoms with Crippen LogP contribution < -0.4 is 0 Å². The van der Waals surface area contributed by atoms with E-state index >= 15 is 0 Å². The van der Waals surface area contributed by atoms with Gasteiger partial charge in [0.25, 0.3) is 0 Å². The molecule has 0 N–H and O–H groups in total. The van der Waals surface area contributed by atoms with Gasteiger partial charge in [-0.05, 0) is 39.3 Å². The second kappa shape index (κ2) is 4.30. The predicted octanol–water partition coefficient (Wildman–Crippen LogP) is 1.09. The quantitative estimate of drug-likeness (QED) is 0.627. The molecule has 2 aliphatic heterocycles. The summed E-state index contributed by atoms with van der Waals surface area (Å²) in [4.78, 5) is 16.4. The number of hydrogen-bond donors (Lipinski definition) is 0. The van der Waals surface area contributed by atoms with Crippen molar-refractivity contribution in [1.29, 1.82) is 0 Å². The van der Waals surface area contributed by atoms with Gasteiger partial charge < -0.3 is 4.90 Å². The lowest BCUT2D eigenvalue weighted by atomic mass is 10.0. The zero-order chi connectivity index (χ0) is 9.97. The number of rotatable bonds is 1. The van der Waals surface area contributed by atoms with Gasteiger partial charge >= 0.3 is 0 Å². The molecule has 3 heteroatoms. The first-order chi connectivity index (χ1) is 6.79. The van der Waals surface area contributed by atoms with E-state index in [0.717, 1.165) is 26.1 Å². The van der Waals surface area contributed by atoms with Gasteiger partial charge in [-0.3, -0.25) is 9.69 Å². The molecule has 2 fully saturated rings. The summed E-state index contributed by atoms with van der Waals surface area (Å²) >= 11 is 0. The highest BCUT2D eigenvalue weighted by molar-refractivity contribution is 5.82. The molecule has 0 saturated carbocycles. The second-order valence-corrected chi connectivity index (χ2v) is 4.52. The van der Waals surface area contributed by atoms with E-state index in [1.807, 2.05) is 4.90 Å². The molecular weight excluding hydrogens is 176 g/mol. The Hall–Kier alpha value is -0.570. The molecule has 2 heterocycles. The van der Waals surface area contributed by atoms with Crippen LogP contribution in [0.3, 0.4) is 0 Å². The smallest absolute Gasteiger partial charge is 0.239 e. The molecule has 0 aromatic heterocycles. The van der Waals surface area contributed by atoms with Crippen molar-refractivity contribution in [2.24, 2.45) is 0 Å². The first-order valence-electron chi connectivity index (χ1n) is 5.78. The largest absolute Gasteiger partial charge is 0.341 e. The average molecular weight is 196 g/mol. The maximum absolute atomic E-state index is 12.1. The van der Waals surface area contributed by atoms with Crippen LogP contribution in [-0.4, -0.2) is 48.4 Å². The van der Waals surface area contributed by atoms with Crippen LogP contribution in [0.15, 0.2) is 0 Å². The lowest BCUT2D eigenvalue weighted by Gasteiger charge is -2.33. The third-order valence-corrected chi connectivity index (χ3v) is 3.47. The Labute approximate surface area is 86.1 Å². The summed E-state index contributed by atoms with van der Waals surface area (Å²) in [7, 11) is 2.08. The number of likely N-dealkylation sites (tertiary alicyclic amines) is 2. The molecule has 2 aliphatic rings. The molecule has 0 radical (unpaired) electrons. The van der Waals surface area contributed by atoms with Crippen LogP contribution in [0.25, 0.3) is 0 Å². The first-order valence-corrected chi connectivity index (χ1v) is 5.78. The van der Waals surface area contributed by atoms with Crippen LogP contribution in [-0.2, 0) is 4.79 Å². The summed E-state index contributed by atoms with van der Waals surface area (Å²) in [6, 6.07) is 0.182. The van der Waals surface area contributed by atoms with Gasteiger partial charge in [0.1, 0.15) is 0 Å². The number of nitrogens with zero attached hydrogens (tertiary/aromatic N) is 2. The SMILES string of the molecule is CN1CCCCC1C(=O)N1CCCC1. The molecule has 0 aromatic rings. The van der Waals surface area contributed by atoms with Crippen LogP contribution in [0.2, 0.25) is 0 Å².